The zero-order valence-corrected chi connectivity index (χ0v) is 14.3. The summed E-state index contributed by atoms with van der Waals surface area (Å²) in [5.74, 6) is 0.893. The SMILES string of the molecule is CC(C)n1cnc(S(=O)(=O)N2CCSC23CCCCC3)c1. The van der Waals surface area contributed by atoms with Gasteiger partial charge in [0.25, 0.3) is 10.0 Å². The molecule has 21 heavy (non-hydrogen) atoms. The number of sulfonamides is 1. The predicted molar refractivity (Wildman–Crippen MR) is 84.8 cm³/mol. The summed E-state index contributed by atoms with van der Waals surface area (Å²) in [7, 11) is -3.48. The molecule has 0 amide bonds. The van der Waals surface area contributed by atoms with Gasteiger partial charge in [-0.25, -0.2) is 13.4 Å². The van der Waals surface area contributed by atoms with Gasteiger partial charge < -0.3 is 4.57 Å². The first kappa shape index (κ1) is 15.4. The molecule has 0 unspecified atom stereocenters. The fourth-order valence-corrected chi connectivity index (χ4v) is 6.93. The molecule has 5 nitrogen and oxygen atoms in total. The third kappa shape index (κ3) is 2.64. The van der Waals surface area contributed by atoms with Crippen LogP contribution in [0, 0.1) is 0 Å². The van der Waals surface area contributed by atoms with E-state index in [0.717, 1.165) is 31.4 Å². The van der Waals surface area contributed by atoms with Gasteiger partial charge in [-0.05, 0) is 26.7 Å². The van der Waals surface area contributed by atoms with E-state index in [2.05, 4.69) is 4.98 Å². The van der Waals surface area contributed by atoms with Crippen molar-refractivity contribution < 1.29 is 8.42 Å². The molecule has 0 bridgehead atoms. The average molecular weight is 329 g/mol. The van der Waals surface area contributed by atoms with Gasteiger partial charge in [-0.1, -0.05) is 19.3 Å². The molecule has 2 fully saturated rings. The number of thioether (sulfide) groups is 1. The van der Waals surface area contributed by atoms with Crippen LogP contribution >= 0.6 is 11.8 Å². The van der Waals surface area contributed by atoms with E-state index in [1.165, 1.54) is 6.42 Å². The molecule has 0 N–H and O–H groups in total. The summed E-state index contributed by atoms with van der Waals surface area (Å²) in [6.45, 7) is 4.65. The highest BCUT2D eigenvalue weighted by molar-refractivity contribution is 8.02. The summed E-state index contributed by atoms with van der Waals surface area (Å²) in [5.41, 5.74) is 0. The molecule has 2 heterocycles. The van der Waals surface area contributed by atoms with Gasteiger partial charge in [-0.15, -0.1) is 11.8 Å². The zero-order valence-electron chi connectivity index (χ0n) is 12.7. The Kier molecular flexibility index (Phi) is 4.09. The maximum absolute atomic E-state index is 13.0. The van der Waals surface area contributed by atoms with Crippen molar-refractivity contribution in [3.63, 3.8) is 0 Å². The smallest absolute Gasteiger partial charge is 0.263 e. The summed E-state index contributed by atoms with van der Waals surface area (Å²) in [6.07, 6.45) is 8.70. The third-order valence-corrected chi connectivity index (χ3v) is 8.00. The van der Waals surface area contributed by atoms with E-state index in [9.17, 15) is 8.42 Å². The average Bonchev–Trinajstić information content (AvgIpc) is 3.07. The number of rotatable bonds is 3. The molecule has 2 aliphatic rings. The number of aromatic nitrogens is 2. The van der Waals surface area contributed by atoms with E-state index in [0.29, 0.717) is 6.54 Å². The summed E-state index contributed by atoms with van der Waals surface area (Å²) in [4.78, 5) is 3.95. The van der Waals surface area contributed by atoms with Gasteiger partial charge in [0.2, 0.25) is 0 Å². The molecule has 1 spiro atoms. The van der Waals surface area contributed by atoms with Crippen molar-refractivity contribution in [1.82, 2.24) is 13.9 Å². The Labute approximate surface area is 131 Å². The van der Waals surface area contributed by atoms with E-state index in [1.54, 1.807) is 16.8 Å². The van der Waals surface area contributed by atoms with E-state index >= 15 is 0 Å². The highest BCUT2D eigenvalue weighted by atomic mass is 32.2. The van der Waals surface area contributed by atoms with Crippen LogP contribution in [-0.4, -0.2) is 39.4 Å². The molecular weight excluding hydrogens is 306 g/mol. The predicted octanol–water partition coefficient (Wildman–Crippen LogP) is 2.86. The van der Waals surface area contributed by atoms with Crippen molar-refractivity contribution >= 4 is 21.8 Å². The van der Waals surface area contributed by atoms with Crippen LogP contribution in [0.5, 0.6) is 0 Å². The monoisotopic (exact) mass is 329 g/mol. The molecule has 0 radical (unpaired) electrons. The fraction of sp³-hybridized carbons (Fsp3) is 0.786. The molecular formula is C14H23N3O2S2. The summed E-state index contributed by atoms with van der Waals surface area (Å²) >= 11 is 1.82. The van der Waals surface area contributed by atoms with E-state index in [4.69, 9.17) is 0 Å². The van der Waals surface area contributed by atoms with E-state index in [1.807, 2.05) is 30.2 Å². The van der Waals surface area contributed by atoms with Crippen molar-refractivity contribution in [3.8, 4) is 0 Å². The Balaban J connectivity index is 1.93. The van der Waals surface area contributed by atoms with Gasteiger partial charge in [0.1, 0.15) is 0 Å². The quantitative estimate of drug-likeness (QED) is 0.855. The molecule has 1 aromatic heterocycles. The minimum absolute atomic E-state index is 0.198. The maximum Gasteiger partial charge on any atom is 0.263 e. The second-order valence-corrected chi connectivity index (χ2v) is 9.45. The normalized spacial score (nSPS) is 23.2. The molecule has 1 saturated heterocycles. The van der Waals surface area contributed by atoms with Crippen LogP contribution in [0.15, 0.2) is 17.6 Å². The van der Waals surface area contributed by atoms with Gasteiger partial charge in [0.15, 0.2) is 5.03 Å². The Morgan fingerprint density at radius 1 is 1.29 bits per heavy atom. The van der Waals surface area contributed by atoms with Crippen molar-refractivity contribution in [2.45, 2.75) is 61.9 Å². The molecule has 1 aliphatic carbocycles. The first-order chi connectivity index (χ1) is 9.96. The standard InChI is InChI=1S/C14H23N3O2S2/c1-12(2)16-10-13(15-11-16)21(18,19)17-8-9-20-14(17)6-4-3-5-7-14/h10-12H,3-9H2,1-2H3. The van der Waals surface area contributed by atoms with E-state index < -0.39 is 10.0 Å². The molecule has 3 rings (SSSR count). The Morgan fingerprint density at radius 3 is 2.62 bits per heavy atom. The molecule has 0 aromatic carbocycles. The molecule has 118 valence electrons. The fourth-order valence-electron chi connectivity index (χ4n) is 3.28. The number of imidazole rings is 1. The second kappa shape index (κ2) is 5.59. The number of nitrogens with zero attached hydrogens (tertiary/aromatic N) is 3. The largest absolute Gasteiger partial charge is 0.334 e. The molecule has 7 heteroatoms. The summed E-state index contributed by atoms with van der Waals surface area (Å²) in [5, 5.41) is 0.198. The van der Waals surface area contributed by atoms with Crippen molar-refractivity contribution in [2.24, 2.45) is 0 Å². The van der Waals surface area contributed by atoms with Crippen molar-refractivity contribution in [2.75, 3.05) is 12.3 Å². The zero-order chi connectivity index (χ0) is 15.1. The highest BCUT2D eigenvalue weighted by Crippen LogP contribution is 2.48. The van der Waals surface area contributed by atoms with Crippen LogP contribution < -0.4 is 0 Å². The van der Waals surface area contributed by atoms with Crippen LogP contribution in [-0.2, 0) is 10.0 Å². The van der Waals surface area contributed by atoms with Gasteiger partial charge >= 0.3 is 0 Å². The van der Waals surface area contributed by atoms with Crippen LogP contribution in [0.2, 0.25) is 0 Å². The Morgan fingerprint density at radius 2 is 2.00 bits per heavy atom. The summed E-state index contributed by atoms with van der Waals surface area (Å²) < 4.78 is 29.5. The molecule has 1 saturated carbocycles. The van der Waals surface area contributed by atoms with Crippen molar-refractivity contribution in [3.05, 3.63) is 12.5 Å². The summed E-state index contributed by atoms with van der Waals surface area (Å²) in [6, 6.07) is 0.220. The molecule has 0 atom stereocenters. The number of hydrogen-bond donors (Lipinski definition) is 0. The maximum atomic E-state index is 13.0. The second-order valence-electron chi connectivity index (χ2n) is 6.19. The minimum Gasteiger partial charge on any atom is -0.334 e. The minimum atomic E-state index is -3.48. The Bertz CT molecular complexity index is 603. The first-order valence-electron chi connectivity index (χ1n) is 7.66. The van der Waals surface area contributed by atoms with Crippen LogP contribution in [0.25, 0.3) is 0 Å². The van der Waals surface area contributed by atoms with Gasteiger partial charge in [-0.3, -0.25) is 0 Å². The van der Waals surface area contributed by atoms with Crippen LogP contribution in [0.1, 0.15) is 52.0 Å². The van der Waals surface area contributed by atoms with Crippen molar-refractivity contribution in [1.29, 1.82) is 0 Å². The highest BCUT2D eigenvalue weighted by Gasteiger charge is 2.49. The lowest BCUT2D eigenvalue weighted by Crippen LogP contribution is -2.46. The van der Waals surface area contributed by atoms with Gasteiger partial charge in [0, 0.05) is 24.5 Å². The van der Waals surface area contributed by atoms with Crippen LogP contribution in [0.3, 0.4) is 0 Å². The lowest BCUT2D eigenvalue weighted by atomic mass is 9.95. The van der Waals surface area contributed by atoms with Gasteiger partial charge in [-0.2, -0.15) is 4.31 Å². The Hall–Kier alpha value is -0.530. The topological polar surface area (TPSA) is 55.2 Å². The van der Waals surface area contributed by atoms with Gasteiger partial charge in [0.05, 0.1) is 11.2 Å². The first-order valence-corrected chi connectivity index (χ1v) is 10.1. The van der Waals surface area contributed by atoms with Crippen LogP contribution in [0.4, 0.5) is 0 Å². The molecule has 1 aliphatic heterocycles. The number of hydrogen-bond acceptors (Lipinski definition) is 4. The lowest BCUT2D eigenvalue weighted by Gasteiger charge is -2.39. The lowest BCUT2D eigenvalue weighted by molar-refractivity contribution is 0.243. The van der Waals surface area contributed by atoms with E-state index in [-0.39, 0.29) is 15.9 Å². The molecule has 1 aromatic rings. The third-order valence-electron chi connectivity index (χ3n) is 4.48.